The molecule has 1 fully saturated rings. The van der Waals surface area contributed by atoms with Crippen molar-refractivity contribution in [2.45, 2.75) is 33.6 Å². The lowest BCUT2D eigenvalue weighted by molar-refractivity contribution is -0.121. The van der Waals surface area contributed by atoms with Gasteiger partial charge in [0.25, 0.3) is 5.91 Å². The predicted molar refractivity (Wildman–Crippen MR) is 125 cm³/mol. The molecule has 0 atom stereocenters. The molecule has 0 aromatic heterocycles. The van der Waals surface area contributed by atoms with Crippen molar-refractivity contribution in [2.24, 2.45) is 4.99 Å². The number of ether oxygens (including phenoxy) is 2. The highest BCUT2D eigenvalue weighted by atomic mass is 32.2. The molecule has 1 heterocycles. The van der Waals surface area contributed by atoms with Gasteiger partial charge < -0.3 is 9.47 Å². The number of aliphatic imine (C=N–C) groups is 1. The van der Waals surface area contributed by atoms with E-state index in [1.54, 1.807) is 11.9 Å². The monoisotopic (exact) mass is 424 g/mol. The van der Waals surface area contributed by atoms with Gasteiger partial charge in [-0.3, -0.25) is 9.69 Å². The summed E-state index contributed by atoms with van der Waals surface area (Å²) >= 11 is 1.39. The Bertz CT molecular complexity index is 969. The molecule has 1 aliphatic rings. The van der Waals surface area contributed by atoms with Gasteiger partial charge in [-0.05, 0) is 66.9 Å². The molecule has 0 aliphatic carbocycles. The quantitative estimate of drug-likeness (QED) is 0.512. The van der Waals surface area contributed by atoms with Crippen LogP contribution in [0.15, 0.2) is 52.4 Å². The Morgan fingerprint density at radius 3 is 2.60 bits per heavy atom. The molecular weight excluding hydrogens is 396 g/mol. The summed E-state index contributed by atoms with van der Waals surface area (Å²) in [5.41, 5.74) is 2.95. The second-order valence-electron chi connectivity index (χ2n) is 6.84. The van der Waals surface area contributed by atoms with E-state index in [0.717, 1.165) is 35.4 Å². The third kappa shape index (κ3) is 5.05. The van der Waals surface area contributed by atoms with Gasteiger partial charge in [-0.1, -0.05) is 38.1 Å². The molecule has 0 unspecified atom stereocenters. The Morgan fingerprint density at radius 1 is 1.07 bits per heavy atom. The Morgan fingerprint density at radius 2 is 1.87 bits per heavy atom. The highest BCUT2D eigenvalue weighted by Crippen LogP contribution is 2.35. The molecule has 3 rings (SSSR count). The van der Waals surface area contributed by atoms with Crippen molar-refractivity contribution < 1.29 is 14.3 Å². The first-order valence-corrected chi connectivity index (χ1v) is 11.1. The summed E-state index contributed by atoms with van der Waals surface area (Å²) in [5.74, 6) is 1.36. The van der Waals surface area contributed by atoms with Gasteiger partial charge in [0.15, 0.2) is 16.7 Å². The number of benzene rings is 2. The molecule has 1 amide bonds. The molecule has 0 bridgehead atoms. The van der Waals surface area contributed by atoms with E-state index < -0.39 is 0 Å². The maximum absolute atomic E-state index is 12.8. The van der Waals surface area contributed by atoms with Crippen LogP contribution in [0.5, 0.6) is 11.5 Å². The fraction of sp³-hybridized carbons (Fsp3) is 0.333. The van der Waals surface area contributed by atoms with Gasteiger partial charge in [0, 0.05) is 7.05 Å². The lowest BCUT2D eigenvalue weighted by Crippen LogP contribution is -2.23. The minimum Gasteiger partial charge on any atom is -0.490 e. The van der Waals surface area contributed by atoms with Crippen LogP contribution in [0, 0.1) is 0 Å². The van der Waals surface area contributed by atoms with E-state index in [0.29, 0.717) is 29.0 Å². The number of amidine groups is 1. The molecule has 5 nitrogen and oxygen atoms in total. The lowest BCUT2D eigenvalue weighted by atomic mass is 10.1. The van der Waals surface area contributed by atoms with E-state index in [4.69, 9.17) is 14.5 Å². The Hall–Kier alpha value is -2.73. The van der Waals surface area contributed by atoms with Gasteiger partial charge in [0.1, 0.15) is 0 Å². The number of nitrogens with zero attached hydrogens (tertiary/aromatic N) is 2. The number of likely N-dealkylation sites (N-methyl/N-ethyl adjacent to an activating group) is 1. The summed E-state index contributed by atoms with van der Waals surface area (Å²) in [6, 6.07) is 13.8. The van der Waals surface area contributed by atoms with Crippen molar-refractivity contribution in [3.05, 3.63) is 58.5 Å². The number of para-hydroxylation sites is 1. The Kier molecular flexibility index (Phi) is 7.57. The normalized spacial score (nSPS) is 16.5. The molecule has 1 aliphatic heterocycles. The van der Waals surface area contributed by atoms with Crippen LogP contribution in [-0.4, -0.2) is 36.2 Å². The number of hydrogen-bond acceptors (Lipinski definition) is 5. The number of carbonyl (C=O) groups excluding carboxylic acids is 1. The average molecular weight is 425 g/mol. The van der Waals surface area contributed by atoms with E-state index in [9.17, 15) is 4.79 Å². The highest BCUT2D eigenvalue weighted by molar-refractivity contribution is 8.18. The largest absolute Gasteiger partial charge is 0.490 e. The van der Waals surface area contributed by atoms with E-state index in [1.165, 1.54) is 11.8 Å². The topological polar surface area (TPSA) is 51.1 Å². The van der Waals surface area contributed by atoms with Crippen molar-refractivity contribution in [3.8, 4) is 11.5 Å². The number of rotatable bonds is 8. The van der Waals surface area contributed by atoms with Gasteiger partial charge in [-0.2, -0.15) is 0 Å². The zero-order chi connectivity index (χ0) is 21.5. The van der Waals surface area contributed by atoms with Crippen molar-refractivity contribution in [1.29, 1.82) is 0 Å². The molecule has 6 heteroatoms. The first-order chi connectivity index (χ1) is 14.6. The second kappa shape index (κ2) is 10.3. The molecule has 2 aromatic rings. The summed E-state index contributed by atoms with van der Waals surface area (Å²) in [6.07, 6.45) is 3.70. The van der Waals surface area contributed by atoms with Crippen LogP contribution in [0.3, 0.4) is 0 Å². The van der Waals surface area contributed by atoms with Crippen LogP contribution in [0.1, 0.15) is 38.3 Å². The van der Waals surface area contributed by atoms with Crippen LogP contribution in [0.4, 0.5) is 5.69 Å². The minimum atomic E-state index is -0.0583. The van der Waals surface area contributed by atoms with E-state index >= 15 is 0 Å². The fourth-order valence-electron chi connectivity index (χ4n) is 3.04. The number of aryl methyl sites for hydroxylation is 1. The van der Waals surface area contributed by atoms with Gasteiger partial charge in [-0.15, -0.1) is 0 Å². The first-order valence-electron chi connectivity index (χ1n) is 10.3. The van der Waals surface area contributed by atoms with E-state index in [-0.39, 0.29) is 5.91 Å². The molecule has 0 N–H and O–H groups in total. The maximum atomic E-state index is 12.8. The first kappa shape index (κ1) is 22.0. The molecule has 0 radical (unpaired) electrons. The number of thioether (sulfide) groups is 1. The zero-order valence-electron chi connectivity index (χ0n) is 18.0. The number of carbonyl (C=O) groups is 1. The van der Waals surface area contributed by atoms with E-state index in [2.05, 4.69) is 19.9 Å². The molecule has 0 saturated carbocycles. The van der Waals surface area contributed by atoms with Gasteiger partial charge in [-0.25, -0.2) is 4.99 Å². The lowest BCUT2D eigenvalue weighted by Gasteiger charge is -2.12. The standard InChI is InChI=1S/C24H28N2O3S/c1-5-14-29-20-13-12-17(15-21(20)28-7-3)16-22-23(27)26(4)24(30-22)25-19-11-9-8-10-18(19)6-2/h8-13,15-16H,5-7,14H2,1-4H3/b22-16+,25-24?. The Labute approximate surface area is 182 Å². The van der Waals surface area contributed by atoms with Crippen LogP contribution in [-0.2, 0) is 11.2 Å². The molecule has 158 valence electrons. The van der Waals surface area contributed by atoms with Crippen molar-refractivity contribution >= 4 is 34.6 Å². The minimum absolute atomic E-state index is 0.0583. The SMILES string of the molecule is CCCOc1ccc(/C=C2/SC(=Nc3ccccc3CC)N(C)C2=O)cc1OCC. The summed E-state index contributed by atoms with van der Waals surface area (Å²) in [6.45, 7) is 7.30. The predicted octanol–water partition coefficient (Wildman–Crippen LogP) is 5.67. The third-order valence-corrected chi connectivity index (χ3v) is 5.68. The summed E-state index contributed by atoms with van der Waals surface area (Å²) in [5, 5.41) is 0.681. The summed E-state index contributed by atoms with van der Waals surface area (Å²) in [7, 11) is 1.76. The van der Waals surface area contributed by atoms with Gasteiger partial charge >= 0.3 is 0 Å². The third-order valence-electron chi connectivity index (χ3n) is 4.62. The van der Waals surface area contributed by atoms with E-state index in [1.807, 2.05) is 49.4 Å². The van der Waals surface area contributed by atoms with Crippen molar-refractivity contribution in [3.63, 3.8) is 0 Å². The van der Waals surface area contributed by atoms with Crippen molar-refractivity contribution in [1.82, 2.24) is 4.90 Å². The molecule has 1 saturated heterocycles. The van der Waals surface area contributed by atoms with Gasteiger partial charge in [0.2, 0.25) is 0 Å². The zero-order valence-corrected chi connectivity index (χ0v) is 18.8. The molecule has 2 aromatic carbocycles. The molecule has 0 spiro atoms. The average Bonchev–Trinajstić information content (AvgIpc) is 3.01. The molecule has 30 heavy (non-hydrogen) atoms. The Balaban J connectivity index is 1.88. The molecular formula is C24H28N2O3S. The van der Waals surface area contributed by atoms with Gasteiger partial charge in [0.05, 0.1) is 23.8 Å². The smallest absolute Gasteiger partial charge is 0.266 e. The van der Waals surface area contributed by atoms with Crippen LogP contribution >= 0.6 is 11.8 Å². The van der Waals surface area contributed by atoms with Crippen molar-refractivity contribution in [2.75, 3.05) is 20.3 Å². The fourth-order valence-corrected chi connectivity index (χ4v) is 4.02. The number of amides is 1. The highest BCUT2D eigenvalue weighted by Gasteiger charge is 2.30. The summed E-state index contributed by atoms with van der Waals surface area (Å²) < 4.78 is 11.5. The van der Waals surface area contributed by atoms with Crippen LogP contribution in [0.25, 0.3) is 6.08 Å². The number of hydrogen-bond donors (Lipinski definition) is 0. The van der Waals surface area contributed by atoms with Crippen LogP contribution in [0.2, 0.25) is 0 Å². The van der Waals surface area contributed by atoms with Crippen LogP contribution < -0.4 is 9.47 Å². The second-order valence-corrected chi connectivity index (χ2v) is 7.85. The summed E-state index contributed by atoms with van der Waals surface area (Å²) in [4.78, 5) is 19.8. The maximum Gasteiger partial charge on any atom is 0.266 e.